The molecular formula is C14H19BrN3O3S+. The van der Waals surface area contributed by atoms with Gasteiger partial charge in [0.1, 0.15) is 6.20 Å². The Labute approximate surface area is 138 Å². The van der Waals surface area contributed by atoms with E-state index in [2.05, 4.69) is 15.9 Å². The Bertz CT molecular complexity index is 769. The number of anilines is 1. The number of nitrogens with zero attached hydrogens (tertiary/aromatic N) is 1. The van der Waals surface area contributed by atoms with Gasteiger partial charge >= 0.3 is 0 Å². The van der Waals surface area contributed by atoms with E-state index in [1.54, 1.807) is 38.2 Å². The zero-order valence-corrected chi connectivity index (χ0v) is 14.9. The molecule has 0 aliphatic rings. The molecule has 0 radical (unpaired) electrons. The molecule has 0 aliphatic carbocycles. The van der Waals surface area contributed by atoms with E-state index < -0.39 is 10.1 Å². The van der Waals surface area contributed by atoms with Crippen molar-refractivity contribution >= 4 is 31.9 Å². The lowest BCUT2D eigenvalue weighted by molar-refractivity contribution is -0.623. The Hall–Kier alpha value is -1.64. The van der Waals surface area contributed by atoms with Crippen molar-refractivity contribution in [2.24, 2.45) is 0 Å². The van der Waals surface area contributed by atoms with Crippen LogP contribution in [0.3, 0.4) is 0 Å². The monoisotopic (exact) mass is 388 g/mol. The molecule has 0 bridgehead atoms. The third kappa shape index (κ3) is 4.97. The topological polar surface area (TPSA) is 110 Å². The lowest BCUT2D eigenvalue weighted by atomic mass is 10.1. The maximum Gasteiger partial charge on any atom is 0.296 e. The minimum atomic E-state index is -4.08. The first-order chi connectivity index (χ1) is 10.0. The molecule has 0 saturated heterocycles. The van der Waals surface area contributed by atoms with Crippen molar-refractivity contribution in [2.75, 3.05) is 11.6 Å². The smallest absolute Gasteiger partial charge is 0.285 e. The summed E-state index contributed by atoms with van der Waals surface area (Å²) in [5.74, 6) is 5.89. The second-order valence-corrected chi connectivity index (χ2v) is 7.15. The highest BCUT2D eigenvalue weighted by atomic mass is 79.9. The maximum absolute atomic E-state index is 10.9. The minimum Gasteiger partial charge on any atom is -0.285 e. The Morgan fingerprint density at radius 3 is 2.00 bits per heavy atom. The van der Waals surface area contributed by atoms with Crippen LogP contribution in [0.2, 0.25) is 0 Å². The fourth-order valence-corrected chi connectivity index (χ4v) is 3.36. The van der Waals surface area contributed by atoms with Gasteiger partial charge < -0.3 is 0 Å². The number of nitrogen functional groups attached to an aromatic ring is 2. The van der Waals surface area contributed by atoms with Crippen LogP contribution >= 0.6 is 15.9 Å². The summed E-state index contributed by atoms with van der Waals surface area (Å²) >= 11 is 3.25. The molecule has 0 atom stereocenters. The number of aromatic nitrogens is 1. The van der Waals surface area contributed by atoms with Crippen LogP contribution in [0.5, 0.6) is 0 Å². The first-order valence-electron chi connectivity index (χ1n) is 6.29. The van der Waals surface area contributed by atoms with Crippen molar-refractivity contribution in [3.63, 3.8) is 0 Å². The van der Waals surface area contributed by atoms with E-state index in [4.69, 9.17) is 16.1 Å². The van der Waals surface area contributed by atoms with E-state index >= 15 is 0 Å². The van der Waals surface area contributed by atoms with Crippen LogP contribution in [-0.4, -0.2) is 13.0 Å². The molecule has 1 aromatic carbocycles. The van der Waals surface area contributed by atoms with Gasteiger partial charge in [0, 0.05) is 10.5 Å². The summed E-state index contributed by atoms with van der Waals surface area (Å²) in [5, 5.41) is 0. The Morgan fingerprint density at radius 1 is 1.14 bits per heavy atom. The predicted molar refractivity (Wildman–Crippen MR) is 89.4 cm³/mol. The summed E-state index contributed by atoms with van der Waals surface area (Å²) in [6.07, 6.45) is 1.68. The second kappa shape index (κ2) is 7.08. The highest BCUT2D eigenvalue weighted by Gasteiger charge is 2.15. The summed E-state index contributed by atoms with van der Waals surface area (Å²) < 4.78 is 33.1. The lowest BCUT2D eigenvalue weighted by Crippen LogP contribution is -2.46. The molecule has 2 rings (SSSR count). The number of hydrogen-bond donors (Lipinski definition) is 3. The quantitative estimate of drug-likeness (QED) is 0.392. The number of aryl methyl sites for hydroxylation is 3. The number of benzene rings is 1. The van der Waals surface area contributed by atoms with Crippen molar-refractivity contribution in [1.82, 2.24) is 0 Å². The third-order valence-electron chi connectivity index (χ3n) is 2.84. The van der Waals surface area contributed by atoms with Crippen molar-refractivity contribution < 1.29 is 17.6 Å². The molecular weight excluding hydrogens is 370 g/mol. The van der Waals surface area contributed by atoms with E-state index in [9.17, 15) is 8.42 Å². The molecule has 120 valence electrons. The van der Waals surface area contributed by atoms with Gasteiger partial charge in [0.2, 0.25) is 0 Å². The van der Waals surface area contributed by atoms with E-state index in [1.165, 1.54) is 4.68 Å². The number of hydrogen-bond acceptors (Lipinski definition) is 4. The summed E-state index contributed by atoms with van der Waals surface area (Å²) in [6.45, 7) is 5.22. The summed E-state index contributed by atoms with van der Waals surface area (Å²) in [6, 6.07) is 7.02. The molecule has 0 aliphatic heterocycles. The van der Waals surface area contributed by atoms with Crippen LogP contribution in [0.25, 0.3) is 0 Å². The van der Waals surface area contributed by atoms with E-state index in [1.807, 2.05) is 13.0 Å². The maximum atomic E-state index is 10.9. The van der Waals surface area contributed by atoms with Gasteiger partial charge in [-0.1, -0.05) is 33.6 Å². The highest BCUT2D eigenvalue weighted by Crippen LogP contribution is 2.20. The fourth-order valence-electron chi connectivity index (χ4n) is 2.08. The summed E-state index contributed by atoms with van der Waals surface area (Å²) in [7, 11) is -4.08. The van der Waals surface area contributed by atoms with Crippen LogP contribution in [0, 0.1) is 20.8 Å². The average molecular weight is 389 g/mol. The Morgan fingerprint density at radius 2 is 1.64 bits per heavy atom. The lowest BCUT2D eigenvalue weighted by Gasteiger charge is -2.07. The van der Waals surface area contributed by atoms with Crippen LogP contribution in [0.4, 0.5) is 5.82 Å². The normalized spacial score (nSPS) is 10.8. The van der Waals surface area contributed by atoms with Crippen molar-refractivity contribution in [2.45, 2.75) is 25.7 Å². The van der Waals surface area contributed by atoms with E-state index in [-0.39, 0.29) is 4.90 Å². The number of rotatable bonds is 1. The van der Waals surface area contributed by atoms with Gasteiger partial charge in [0.25, 0.3) is 15.9 Å². The first-order valence-corrected chi connectivity index (χ1v) is 8.52. The molecule has 0 spiro atoms. The van der Waals surface area contributed by atoms with Gasteiger partial charge in [-0.3, -0.25) is 16.1 Å². The SMILES string of the molecule is Cc1cc(C)c(S(=O)(=O)O)c(C)c1.Nc1cc(Br)cc[n+]1N. The summed E-state index contributed by atoms with van der Waals surface area (Å²) in [5.41, 5.74) is 7.58. The molecule has 2 aromatic rings. The van der Waals surface area contributed by atoms with E-state index in [0.29, 0.717) is 16.9 Å². The average Bonchev–Trinajstić information content (AvgIpc) is 2.31. The largest absolute Gasteiger partial charge is 0.296 e. The molecule has 0 amide bonds. The molecule has 0 unspecified atom stereocenters. The minimum absolute atomic E-state index is 0.0260. The van der Waals surface area contributed by atoms with Crippen molar-refractivity contribution in [3.05, 3.63) is 51.6 Å². The van der Waals surface area contributed by atoms with Crippen LogP contribution in [0.15, 0.2) is 39.8 Å². The van der Waals surface area contributed by atoms with Gasteiger partial charge in [-0.15, -0.1) is 4.68 Å². The summed E-state index contributed by atoms with van der Waals surface area (Å²) in [4.78, 5) is 0.0260. The Kier molecular flexibility index (Phi) is 5.92. The molecule has 22 heavy (non-hydrogen) atoms. The van der Waals surface area contributed by atoms with Crippen molar-refractivity contribution in [3.8, 4) is 0 Å². The predicted octanol–water partition coefficient (Wildman–Crippen LogP) is 1.89. The molecule has 8 heteroatoms. The number of nitrogens with two attached hydrogens (primary N) is 2. The van der Waals surface area contributed by atoms with Gasteiger partial charge in [-0.2, -0.15) is 8.42 Å². The molecule has 5 N–H and O–H groups in total. The third-order valence-corrected chi connectivity index (χ3v) is 4.49. The molecule has 0 fully saturated rings. The molecule has 0 saturated carbocycles. The van der Waals surface area contributed by atoms with Crippen molar-refractivity contribution in [1.29, 1.82) is 0 Å². The van der Waals surface area contributed by atoms with Crippen LogP contribution in [-0.2, 0) is 10.1 Å². The zero-order valence-electron chi connectivity index (χ0n) is 12.5. The van der Waals surface area contributed by atoms with E-state index in [0.717, 1.165) is 10.0 Å². The highest BCUT2D eigenvalue weighted by molar-refractivity contribution is 9.10. The van der Waals surface area contributed by atoms with Gasteiger partial charge in [-0.25, -0.2) is 0 Å². The van der Waals surface area contributed by atoms with Gasteiger partial charge in [-0.05, 0) is 38.0 Å². The van der Waals surface area contributed by atoms with Crippen LogP contribution < -0.4 is 16.3 Å². The van der Waals surface area contributed by atoms with Gasteiger partial charge in [0.05, 0.1) is 4.90 Å². The standard InChI is InChI=1S/C9H12O3S.C5H6BrN3/c1-6-4-7(2)9(8(3)5-6)13(10,11)12;6-4-1-2-9(8)5(7)3-4/h4-5H,1-3H3,(H,10,11,12);1-3,7H,8H2/p+1. The Balaban J connectivity index is 0.000000235. The zero-order chi connectivity index (χ0) is 17.1. The fraction of sp³-hybridized carbons (Fsp3) is 0.214. The number of halogens is 1. The number of pyridine rings is 1. The van der Waals surface area contributed by atoms with Crippen LogP contribution in [0.1, 0.15) is 16.7 Å². The molecule has 1 heterocycles. The second-order valence-electron chi connectivity index (χ2n) is 4.88. The van der Waals surface area contributed by atoms with Gasteiger partial charge in [0.15, 0.2) is 0 Å². The molecule has 1 aromatic heterocycles. The first kappa shape index (κ1) is 18.4. The molecule has 6 nitrogen and oxygen atoms in total.